The Bertz CT molecular complexity index is 672. The van der Waals surface area contributed by atoms with E-state index in [1.165, 1.54) is 11.1 Å². The molecule has 0 atom stereocenters. The molecule has 1 aromatic heterocycles. The molecule has 1 aromatic carbocycles. The van der Waals surface area contributed by atoms with Crippen molar-refractivity contribution in [3.05, 3.63) is 46.8 Å². The van der Waals surface area contributed by atoms with Crippen LogP contribution in [-0.2, 0) is 13.5 Å². The minimum atomic E-state index is 0.0397. The van der Waals surface area contributed by atoms with E-state index in [2.05, 4.69) is 30.2 Å². The van der Waals surface area contributed by atoms with Crippen LogP contribution in [0.15, 0.2) is 24.3 Å². The van der Waals surface area contributed by atoms with E-state index in [1.807, 2.05) is 24.9 Å². The van der Waals surface area contributed by atoms with Gasteiger partial charge in [0.05, 0.1) is 5.69 Å². The molecular weight excluding hydrogens is 250 g/mol. The second-order valence-corrected chi connectivity index (χ2v) is 5.49. The monoisotopic (exact) mass is 269 g/mol. The maximum absolute atomic E-state index is 12.7. The average molecular weight is 269 g/mol. The Morgan fingerprint density at radius 2 is 2.05 bits per heavy atom. The van der Waals surface area contributed by atoms with E-state index < -0.39 is 0 Å². The van der Waals surface area contributed by atoms with Gasteiger partial charge in [-0.2, -0.15) is 5.10 Å². The van der Waals surface area contributed by atoms with Crippen LogP contribution in [-0.4, -0.2) is 22.2 Å². The first-order valence-corrected chi connectivity index (χ1v) is 6.98. The number of rotatable bonds is 1. The predicted octanol–water partition coefficient (Wildman–Crippen LogP) is 2.63. The largest absolute Gasteiger partial charge is 0.307 e. The number of carbonyl (C=O) groups is 1. The van der Waals surface area contributed by atoms with Gasteiger partial charge in [0.15, 0.2) is 0 Å². The molecule has 4 heteroatoms. The van der Waals surface area contributed by atoms with Gasteiger partial charge in [0, 0.05) is 19.3 Å². The topological polar surface area (TPSA) is 38.1 Å². The van der Waals surface area contributed by atoms with E-state index in [0.717, 1.165) is 30.8 Å². The zero-order chi connectivity index (χ0) is 14.3. The molecule has 20 heavy (non-hydrogen) atoms. The van der Waals surface area contributed by atoms with Crippen molar-refractivity contribution in [2.24, 2.45) is 7.05 Å². The molecule has 3 rings (SSSR count). The second-order valence-electron chi connectivity index (χ2n) is 5.49. The zero-order valence-corrected chi connectivity index (χ0v) is 12.2. The minimum Gasteiger partial charge on any atom is -0.307 e. The van der Waals surface area contributed by atoms with Crippen molar-refractivity contribution < 1.29 is 4.79 Å². The summed E-state index contributed by atoms with van der Waals surface area (Å²) in [6, 6.07) is 8.16. The van der Waals surface area contributed by atoms with Crippen LogP contribution >= 0.6 is 0 Å². The average Bonchev–Trinajstić information content (AvgIpc) is 2.76. The Morgan fingerprint density at radius 1 is 1.25 bits per heavy atom. The molecule has 0 spiro atoms. The lowest BCUT2D eigenvalue weighted by Gasteiger charge is -2.29. The van der Waals surface area contributed by atoms with Crippen molar-refractivity contribution in [3.63, 3.8) is 0 Å². The van der Waals surface area contributed by atoms with E-state index in [0.29, 0.717) is 5.69 Å². The molecule has 0 radical (unpaired) electrons. The van der Waals surface area contributed by atoms with Crippen molar-refractivity contribution in [1.82, 2.24) is 9.78 Å². The summed E-state index contributed by atoms with van der Waals surface area (Å²) in [5.74, 6) is 0.0397. The molecule has 0 saturated heterocycles. The van der Waals surface area contributed by atoms with Crippen LogP contribution < -0.4 is 4.90 Å². The summed E-state index contributed by atoms with van der Waals surface area (Å²) >= 11 is 0. The quantitative estimate of drug-likeness (QED) is 0.798. The smallest absolute Gasteiger partial charge is 0.276 e. The van der Waals surface area contributed by atoms with Gasteiger partial charge in [0.25, 0.3) is 5.91 Å². The highest BCUT2D eigenvalue weighted by atomic mass is 16.2. The third-order valence-electron chi connectivity index (χ3n) is 3.82. The molecule has 4 nitrogen and oxygen atoms in total. The van der Waals surface area contributed by atoms with Crippen LogP contribution in [0.2, 0.25) is 0 Å². The van der Waals surface area contributed by atoms with E-state index in [-0.39, 0.29) is 5.91 Å². The van der Waals surface area contributed by atoms with E-state index in [1.54, 1.807) is 4.68 Å². The molecule has 1 aliphatic heterocycles. The summed E-state index contributed by atoms with van der Waals surface area (Å²) in [6.07, 6.45) is 2.06. The zero-order valence-electron chi connectivity index (χ0n) is 12.2. The normalized spacial score (nSPS) is 14.2. The van der Waals surface area contributed by atoms with E-state index in [4.69, 9.17) is 0 Å². The number of nitrogens with zero attached hydrogens (tertiary/aromatic N) is 3. The standard InChI is InChI=1S/C16H19N3O/c1-11-6-7-14-13(9-11)5-4-8-19(14)16(20)15-10-12(2)17-18(15)3/h6-7,9-10H,4-5,8H2,1-3H3. The summed E-state index contributed by atoms with van der Waals surface area (Å²) in [7, 11) is 1.82. The highest BCUT2D eigenvalue weighted by molar-refractivity contribution is 6.05. The van der Waals surface area contributed by atoms with Gasteiger partial charge in [-0.05, 0) is 44.4 Å². The van der Waals surface area contributed by atoms with Crippen LogP contribution in [0, 0.1) is 13.8 Å². The Balaban J connectivity index is 2.00. The molecular formula is C16H19N3O. The number of aromatic nitrogens is 2. The third-order valence-corrected chi connectivity index (χ3v) is 3.82. The van der Waals surface area contributed by atoms with Gasteiger partial charge < -0.3 is 4.90 Å². The Labute approximate surface area is 119 Å². The van der Waals surface area contributed by atoms with E-state index in [9.17, 15) is 4.79 Å². The van der Waals surface area contributed by atoms with Gasteiger partial charge in [0.2, 0.25) is 0 Å². The SMILES string of the molecule is Cc1ccc2c(c1)CCCN2C(=O)c1cc(C)nn1C. The van der Waals surface area contributed by atoms with Crippen LogP contribution in [0.4, 0.5) is 5.69 Å². The van der Waals surface area contributed by atoms with Crippen LogP contribution in [0.25, 0.3) is 0 Å². The molecule has 0 fully saturated rings. The molecule has 2 aromatic rings. The Morgan fingerprint density at radius 3 is 2.75 bits per heavy atom. The lowest BCUT2D eigenvalue weighted by atomic mass is 9.99. The van der Waals surface area contributed by atoms with Gasteiger partial charge in [-0.1, -0.05) is 17.7 Å². The van der Waals surface area contributed by atoms with Crippen molar-refractivity contribution in [3.8, 4) is 0 Å². The molecule has 0 N–H and O–H groups in total. The molecule has 1 amide bonds. The Hall–Kier alpha value is -2.10. The predicted molar refractivity (Wildman–Crippen MR) is 79.1 cm³/mol. The summed E-state index contributed by atoms with van der Waals surface area (Å²) < 4.78 is 1.67. The number of amides is 1. The molecule has 0 saturated carbocycles. The summed E-state index contributed by atoms with van der Waals surface area (Å²) in [5.41, 5.74) is 5.08. The summed E-state index contributed by atoms with van der Waals surface area (Å²) in [6.45, 7) is 4.77. The lowest BCUT2D eigenvalue weighted by Crippen LogP contribution is -2.36. The lowest BCUT2D eigenvalue weighted by molar-refractivity contribution is 0.0976. The molecule has 0 bridgehead atoms. The van der Waals surface area contributed by atoms with Crippen LogP contribution in [0.5, 0.6) is 0 Å². The number of hydrogen-bond acceptors (Lipinski definition) is 2. The van der Waals surface area contributed by atoms with Gasteiger partial charge in [-0.15, -0.1) is 0 Å². The maximum Gasteiger partial charge on any atom is 0.276 e. The molecule has 104 valence electrons. The summed E-state index contributed by atoms with van der Waals surface area (Å²) in [4.78, 5) is 14.6. The summed E-state index contributed by atoms with van der Waals surface area (Å²) in [5, 5.41) is 4.27. The van der Waals surface area contributed by atoms with Gasteiger partial charge in [0.1, 0.15) is 5.69 Å². The third kappa shape index (κ3) is 2.11. The number of aryl methyl sites for hydroxylation is 4. The van der Waals surface area contributed by atoms with Crippen LogP contribution in [0.3, 0.4) is 0 Å². The van der Waals surface area contributed by atoms with Crippen molar-refractivity contribution >= 4 is 11.6 Å². The van der Waals surface area contributed by atoms with Crippen molar-refractivity contribution in [1.29, 1.82) is 0 Å². The van der Waals surface area contributed by atoms with Crippen LogP contribution in [0.1, 0.15) is 33.7 Å². The van der Waals surface area contributed by atoms with E-state index >= 15 is 0 Å². The Kier molecular flexibility index (Phi) is 3.08. The molecule has 1 aliphatic rings. The highest BCUT2D eigenvalue weighted by Gasteiger charge is 2.25. The first-order valence-electron chi connectivity index (χ1n) is 6.98. The first-order chi connectivity index (χ1) is 9.56. The van der Waals surface area contributed by atoms with Crippen molar-refractivity contribution in [2.45, 2.75) is 26.7 Å². The maximum atomic E-state index is 12.7. The van der Waals surface area contributed by atoms with Gasteiger partial charge in [-0.3, -0.25) is 9.48 Å². The number of benzene rings is 1. The number of carbonyl (C=O) groups excluding carboxylic acids is 1. The fourth-order valence-electron chi connectivity index (χ4n) is 2.89. The molecule has 2 heterocycles. The molecule has 0 unspecified atom stereocenters. The van der Waals surface area contributed by atoms with Gasteiger partial charge in [-0.25, -0.2) is 0 Å². The van der Waals surface area contributed by atoms with Crippen molar-refractivity contribution in [2.75, 3.05) is 11.4 Å². The fourth-order valence-corrected chi connectivity index (χ4v) is 2.89. The number of fused-ring (bicyclic) bond motifs is 1. The highest BCUT2D eigenvalue weighted by Crippen LogP contribution is 2.29. The van der Waals surface area contributed by atoms with Gasteiger partial charge >= 0.3 is 0 Å². The number of anilines is 1. The number of hydrogen-bond donors (Lipinski definition) is 0. The minimum absolute atomic E-state index is 0.0397. The fraction of sp³-hybridized carbons (Fsp3) is 0.375. The molecule has 0 aliphatic carbocycles. The second kappa shape index (κ2) is 4.78. The first kappa shape index (κ1) is 12.9.